The van der Waals surface area contributed by atoms with Crippen molar-refractivity contribution in [1.29, 1.82) is 0 Å². The normalized spacial score (nSPS) is 17.7. The number of amides is 2. The largest absolute Gasteiger partial charge is 0.378 e. The van der Waals surface area contributed by atoms with Crippen LogP contribution < -0.4 is 5.32 Å². The number of fused-ring (bicyclic) bond motifs is 1. The third kappa shape index (κ3) is 4.32. The van der Waals surface area contributed by atoms with Gasteiger partial charge in [0.05, 0.1) is 13.2 Å². The molecule has 7 heteroatoms. The molecule has 1 atom stereocenters. The topological polar surface area (TPSA) is 61.9 Å². The highest BCUT2D eigenvalue weighted by Gasteiger charge is 2.36. The Labute approximate surface area is 191 Å². The van der Waals surface area contributed by atoms with Gasteiger partial charge in [-0.3, -0.25) is 9.59 Å². The Balaban J connectivity index is 1.42. The number of morpholine rings is 1. The first-order valence-electron chi connectivity index (χ1n) is 11.0. The SMILES string of the molecule is O=C(c1cccc(NC2c3ccccc3C(=O)N2Cc2ccc(F)cc2)c1)N1CCOCC1. The lowest BCUT2D eigenvalue weighted by molar-refractivity contribution is 0.0303. The molecule has 0 aliphatic carbocycles. The molecule has 5 rings (SSSR count). The average molecular weight is 445 g/mol. The Morgan fingerprint density at radius 3 is 2.55 bits per heavy atom. The summed E-state index contributed by atoms with van der Waals surface area (Å²) in [4.78, 5) is 29.6. The number of carbonyl (C=O) groups excluding carboxylic acids is 2. The molecular weight excluding hydrogens is 421 g/mol. The molecule has 2 amide bonds. The lowest BCUT2D eigenvalue weighted by Gasteiger charge is -2.28. The zero-order valence-corrected chi connectivity index (χ0v) is 18.0. The molecule has 2 aliphatic rings. The summed E-state index contributed by atoms with van der Waals surface area (Å²) in [6.07, 6.45) is -0.410. The summed E-state index contributed by atoms with van der Waals surface area (Å²) in [5.74, 6) is -0.438. The van der Waals surface area contributed by atoms with E-state index < -0.39 is 6.17 Å². The smallest absolute Gasteiger partial charge is 0.256 e. The number of halogens is 1. The minimum Gasteiger partial charge on any atom is -0.378 e. The van der Waals surface area contributed by atoms with Gasteiger partial charge in [-0.25, -0.2) is 4.39 Å². The first kappa shape index (κ1) is 21.2. The summed E-state index contributed by atoms with van der Waals surface area (Å²) in [5, 5.41) is 3.44. The van der Waals surface area contributed by atoms with Crippen LogP contribution in [0.2, 0.25) is 0 Å². The number of nitrogens with zero attached hydrogens (tertiary/aromatic N) is 2. The van der Waals surface area contributed by atoms with Gasteiger partial charge in [-0.05, 0) is 42.0 Å². The molecule has 3 aromatic carbocycles. The van der Waals surface area contributed by atoms with Crippen LogP contribution in [0.1, 0.15) is 38.0 Å². The highest BCUT2D eigenvalue weighted by molar-refractivity contribution is 5.99. The van der Waals surface area contributed by atoms with Gasteiger partial charge in [0.25, 0.3) is 11.8 Å². The summed E-state index contributed by atoms with van der Waals surface area (Å²) in [7, 11) is 0. The van der Waals surface area contributed by atoms with Crippen molar-refractivity contribution in [3.05, 3.63) is 101 Å². The number of hydrogen-bond acceptors (Lipinski definition) is 4. The predicted octanol–water partition coefficient (Wildman–Crippen LogP) is 4.06. The molecule has 0 aromatic heterocycles. The molecule has 6 nitrogen and oxygen atoms in total. The van der Waals surface area contributed by atoms with Gasteiger partial charge in [0.2, 0.25) is 0 Å². The van der Waals surface area contributed by atoms with Crippen molar-refractivity contribution in [3.8, 4) is 0 Å². The van der Waals surface area contributed by atoms with Crippen molar-refractivity contribution in [2.24, 2.45) is 0 Å². The lowest BCUT2D eigenvalue weighted by atomic mass is 10.1. The third-order valence-electron chi connectivity index (χ3n) is 6.04. The predicted molar refractivity (Wildman–Crippen MR) is 122 cm³/mol. The van der Waals surface area contributed by atoms with Gasteiger partial charge in [0.1, 0.15) is 12.0 Å². The van der Waals surface area contributed by atoms with Crippen LogP contribution in [0.5, 0.6) is 0 Å². The molecule has 1 unspecified atom stereocenters. The molecule has 168 valence electrons. The van der Waals surface area contributed by atoms with E-state index in [4.69, 9.17) is 4.74 Å². The quantitative estimate of drug-likeness (QED) is 0.643. The Hall–Kier alpha value is -3.71. The van der Waals surface area contributed by atoms with Gasteiger partial charge < -0.3 is 19.9 Å². The zero-order valence-electron chi connectivity index (χ0n) is 18.0. The number of rotatable bonds is 5. The highest BCUT2D eigenvalue weighted by Crippen LogP contribution is 2.35. The fourth-order valence-corrected chi connectivity index (χ4v) is 4.32. The van der Waals surface area contributed by atoms with Crippen LogP contribution in [-0.4, -0.2) is 47.9 Å². The van der Waals surface area contributed by atoms with Crippen molar-refractivity contribution in [1.82, 2.24) is 9.80 Å². The molecule has 0 radical (unpaired) electrons. The van der Waals surface area contributed by atoms with Crippen molar-refractivity contribution < 1.29 is 18.7 Å². The van der Waals surface area contributed by atoms with Gasteiger partial charge in [-0.2, -0.15) is 0 Å². The maximum absolute atomic E-state index is 13.4. The standard InChI is InChI=1S/C26H24FN3O3/c27-20-10-8-18(9-11-20)17-30-24(22-6-1-2-7-23(22)26(30)32)28-21-5-3-4-19(16-21)25(31)29-12-14-33-15-13-29/h1-11,16,24,28H,12-15,17H2. The van der Waals surface area contributed by atoms with E-state index in [1.165, 1.54) is 12.1 Å². The van der Waals surface area contributed by atoms with Crippen molar-refractivity contribution in [2.45, 2.75) is 12.7 Å². The van der Waals surface area contributed by atoms with Crippen LogP contribution in [0.3, 0.4) is 0 Å². The van der Waals surface area contributed by atoms with E-state index in [1.54, 1.807) is 28.0 Å². The summed E-state index contributed by atoms with van der Waals surface area (Å²) in [5.41, 5.74) is 3.67. The van der Waals surface area contributed by atoms with E-state index in [0.717, 1.165) is 16.8 Å². The second kappa shape index (κ2) is 9.03. The molecular formula is C26H24FN3O3. The Bertz CT molecular complexity index is 1180. The van der Waals surface area contributed by atoms with E-state index >= 15 is 0 Å². The zero-order chi connectivity index (χ0) is 22.8. The summed E-state index contributed by atoms with van der Waals surface area (Å²) >= 11 is 0. The molecule has 0 saturated carbocycles. The van der Waals surface area contributed by atoms with Crippen molar-refractivity contribution >= 4 is 17.5 Å². The minimum atomic E-state index is -0.410. The van der Waals surface area contributed by atoms with Crippen LogP contribution in [0, 0.1) is 5.82 Å². The van der Waals surface area contributed by atoms with Crippen LogP contribution in [-0.2, 0) is 11.3 Å². The van der Waals surface area contributed by atoms with E-state index in [2.05, 4.69) is 5.32 Å². The maximum atomic E-state index is 13.4. The van der Waals surface area contributed by atoms with Crippen molar-refractivity contribution in [2.75, 3.05) is 31.6 Å². The molecule has 1 saturated heterocycles. The second-order valence-electron chi connectivity index (χ2n) is 8.18. The molecule has 3 aromatic rings. The van der Waals surface area contributed by atoms with Gasteiger partial charge >= 0.3 is 0 Å². The fraction of sp³-hybridized carbons (Fsp3) is 0.231. The summed E-state index contributed by atoms with van der Waals surface area (Å²) < 4.78 is 18.7. The first-order chi connectivity index (χ1) is 16.1. The Morgan fingerprint density at radius 1 is 1.00 bits per heavy atom. The van der Waals surface area contributed by atoms with Gasteiger partial charge in [-0.1, -0.05) is 36.4 Å². The number of carbonyl (C=O) groups is 2. The maximum Gasteiger partial charge on any atom is 0.256 e. The lowest BCUT2D eigenvalue weighted by Crippen LogP contribution is -2.40. The van der Waals surface area contributed by atoms with E-state index in [9.17, 15) is 14.0 Å². The van der Waals surface area contributed by atoms with E-state index in [0.29, 0.717) is 44.0 Å². The fourth-order valence-electron chi connectivity index (χ4n) is 4.32. The van der Waals surface area contributed by atoms with Gasteiger partial charge in [0.15, 0.2) is 0 Å². The van der Waals surface area contributed by atoms with Crippen LogP contribution >= 0.6 is 0 Å². The van der Waals surface area contributed by atoms with Crippen LogP contribution in [0.4, 0.5) is 10.1 Å². The number of ether oxygens (including phenoxy) is 1. The average Bonchev–Trinajstić information content (AvgIpc) is 3.12. The summed E-state index contributed by atoms with van der Waals surface area (Å²) in [6.45, 7) is 2.57. The number of anilines is 1. The first-order valence-corrected chi connectivity index (χ1v) is 11.0. The summed E-state index contributed by atoms with van der Waals surface area (Å²) in [6, 6.07) is 21.0. The van der Waals surface area contributed by atoms with E-state index in [1.807, 2.05) is 42.5 Å². The second-order valence-corrected chi connectivity index (χ2v) is 8.18. The van der Waals surface area contributed by atoms with Crippen LogP contribution in [0.15, 0.2) is 72.8 Å². The molecule has 1 fully saturated rings. The molecule has 2 aliphatic heterocycles. The molecule has 0 spiro atoms. The van der Waals surface area contributed by atoms with E-state index in [-0.39, 0.29) is 17.6 Å². The molecule has 2 heterocycles. The monoisotopic (exact) mass is 445 g/mol. The van der Waals surface area contributed by atoms with Crippen LogP contribution in [0.25, 0.3) is 0 Å². The Morgan fingerprint density at radius 2 is 1.76 bits per heavy atom. The minimum absolute atomic E-state index is 0.0342. The van der Waals surface area contributed by atoms with Crippen molar-refractivity contribution in [3.63, 3.8) is 0 Å². The Kier molecular flexibility index (Phi) is 5.79. The third-order valence-corrected chi connectivity index (χ3v) is 6.04. The molecule has 0 bridgehead atoms. The number of nitrogens with one attached hydrogen (secondary N) is 1. The van der Waals surface area contributed by atoms with Gasteiger partial charge in [0, 0.05) is 42.0 Å². The highest BCUT2D eigenvalue weighted by atomic mass is 19.1. The van der Waals surface area contributed by atoms with Gasteiger partial charge in [-0.15, -0.1) is 0 Å². The number of hydrogen-bond donors (Lipinski definition) is 1. The molecule has 33 heavy (non-hydrogen) atoms. The number of benzene rings is 3. The molecule has 1 N–H and O–H groups in total.